The Labute approximate surface area is 131 Å². The highest BCUT2D eigenvalue weighted by Gasteiger charge is 2.12. The summed E-state index contributed by atoms with van der Waals surface area (Å²) in [4.78, 5) is 0.0224. The minimum atomic E-state index is -3.73. The van der Waals surface area contributed by atoms with Crippen LogP contribution < -0.4 is 4.74 Å². The molecule has 0 saturated carbocycles. The summed E-state index contributed by atoms with van der Waals surface area (Å²) in [5.74, 6) is 0.537. The minimum absolute atomic E-state index is 0.0224. The van der Waals surface area contributed by atoms with E-state index in [0.717, 1.165) is 6.42 Å². The van der Waals surface area contributed by atoms with Crippen LogP contribution in [-0.4, -0.2) is 42.0 Å². The molecular weight excluding hydrogens is 372 g/mol. The molecule has 0 bridgehead atoms. The Morgan fingerprint density at radius 1 is 1.20 bits per heavy atom. The molecular formula is C12H16BrClO5S. The number of rotatable bonds is 9. The fourth-order valence-corrected chi connectivity index (χ4v) is 2.79. The molecule has 1 aromatic carbocycles. The Kier molecular flexibility index (Phi) is 7.83. The largest absolute Gasteiger partial charge is 0.490 e. The Morgan fingerprint density at radius 2 is 1.95 bits per heavy atom. The highest BCUT2D eigenvalue weighted by atomic mass is 79.9. The molecule has 0 unspecified atom stereocenters. The van der Waals surface area contributed by atoms with E-state index < -0.39 is 9.05 Å². The highest BCUT2D eigenvalue weighted by Crippen LogP contribution is 2.29. The van der Waals surface area contributed by atoms with E-state index in [0.29, 0.717) is 36.6 Å². The second kappa shape index (κ2) is 8.84. The molecule has 0 spiro atoms. The molecule has 0 radical (unpaired) electrons. The standard InChI is InChI=1S/C12H16BrClO5S/c1-17-5-2-6-18-7-8-19-12-4-3-10(9-11(12)13)20(14,15)16/h3-4,9H,2,5-8H2,1H3. The smallest absolute Gasteiger partial charge is 0.261 e. The highest BCUT2D eigenvalue weighted by molar-refractivity contribution is 9.10. The van der Waals surface area contributed by atoms with Crippen LogP contribution in [0.25, 0.3) is 0 Å². The van der Waals surface area contributed by atoms with Crippen molar-refractivity contribution in [2.75, 3.05) is 33.5 Å². The molecule has 1 rings (SSSR count). The summed E-state index contributed by atoms with van der Waals surface area (Å²) < 4.78 is 38.5. The number of benzene rings is 1. The third-order valence-corrected chi connectivity index (χ3v) is 4.28. The van der Waals surface area contributed by atoms with E-state index in [1.54, 1.807) is 13.2 Å². The summed E-state index contributed by atoms with van der Waals surface area (Å²) in [5.41, 5.74) is 0. The van der Waals surface area contributed by atoms with Crippen LogP contribution in [0.15, 0.2) is 27.6 Å². The summed E-state index contributed by atoms with van der Waals surface area (Å²) >= 11 is 3.24. The first-order valence-electron chi connectivity index (χ1n) is 5.89. The molecule has 1 aromatic rings. The van der Waals surface area contributed by atoms with Crippen molar-refractivity contribution in [3.63, 3.8) is 0 Å². The van der Waals surface area contributed by atoms with Gasteiger partial charge < -0.3 is 14.2 Å². The van der Waals surface area contributed by atoms with Crippen LogP contribution in [0.1, 0.15) is 6.42 Å². The predicted octanol–water partition coefficient (Wildman–Crippen LogP) is 2.81. The first-order chi connectivity index (χ1) is 9.45. The van der Waals surface area contributed by atoms with Gasteiger partial charge in [0.2, 0.25) is 0 Å². The van der Waals surface area contributed by atoms with E-state index in [1.807, 2.05) is 0 Å². The zero-order valence-corrected chi connectivity index (χ0v) is 14.1. The fraction of sp³-hybridized carbons (Fsp3) is 0.500. The van der Waals surface area contributed by atoms with Crippen LogP contribution in [-0.2, 0) is 18.5 Å². The maximum atomic E-state index is 11.2. The van der Waals surface area contributed by atoms with Gasteiger partial charge in [-0.2, -0.15) is 0 Å². The van der Waals surface area contributed by atoms with Crippen molar-refractivity contribution >= 4 is 35.7 Å². The Balaban J connectivity index is 2.38. The first-order valence-corrected chi connectivity index (χ1v) is 8.99. The average Bonchev–Trinajstić information content (AvgIpc) is 2.38. The molecule has 20 heavy (non-hydrogen) atoms. The second-order valence-electron chi connectivity index (χ2n) is 3.84. The van der Waals surface area contributed by atoms with Crippen LogP contribution in [0.5, 0.6) is 5.75 Å². The maximum absolute atomic E-state index is 11.2. The van der Waals surface area contributed by atoms with Gasteiger partial charge >= 0.3 is 0 Å². The lowest BCUT2D eigenvalue weighted by molar-refractivity contribution is 0.0804. The van der Waals surface area contributed by atoms with Gasteiger partial charge in [-0.3, -0.25) is 0 Å². The van der Waals surface area contributed by atoms with Crippen LogP contribution >= 0.6 is 26.6 Å². The molecule has 0 saturated heterocycles. The molecule has 5 nitrogen and oxygen atoms in total. The van der Waals surface area contributed by atoms with E-state index >= 15 is 0 Å². The summed E-state index contributed by atoms with van der Waals surface area (Å²) in [6, 6.07) is 4.34. The van der Waals surface area contributed by atoms with E-state index in [1.165, 1.54) is 12.1 Å². The molecule has 0 aliphatic carbocycles. The monoisotopic (exact) mass is 386 g/mol. The SMILES string of the molecule is COCCCOCCOc1ccc(S(=O)(=O)Cl)cc1Br. The average molecular weight is 388 g/mol. The van der Waals surface area contributed by atoms with E-state index in [2.05, 4.69) is 15.9 Å². The number of hydrogen-bond donors (Lipinski definition) is 0. The third-order valence-electron chi connectivity index (χ3n) is 2.31. The molecule has 0 atom stereocenters. The van der Waals surface area contributed by atoms with E-state index in [4.69, 9.17) is 24.9 Å². The molecule has 114 valence electrons. The first kappa shape index (κ1) is 17.7. The van der Waals surface area contributed by atoms with Gasteiger partial charge in [-0.05, 0) is 40.5 Å². The Hall–Kier alpha value is -0.340. The van der Waals surface area contributed by atoms with Gasteiger partial charge in [-0.1, -0.05) is 0 Å². The van der Waals surface area contributed by atoms with Crippen molar-refractivity contribution in [2.45, 2.75) is 11.3 Å². The lowest BCUT2D eigenvalue weighted by atomic mass is 10.3. The molecule has 0 fully saturated rings. The van der Waals surface area contributed by atoms with Crippen molar-refractivity contribution in [3.05, 3.63) is 22.7 Å². The Morgan fingerprint density at radius 3 is 2.55 bits per heavy atom. The normalized spacial score (nSPS) is 11.6. The zero-order valence-electron chi connectivity index (χ0n) is 11.0. The summed E-state index contributed by atoms with van der Waals surface area (Å²) in [7, 11) is 3.16. The summed E-state index contributed by atoms with van der Waals surface area (Å²) in [5, 5.41) is 0. The van der Waals surface area contributed by atoms with E-state index in [9.17, 15) is 8.42 Å². The van der Waals surface area contributed by atoms with Gasteiger partial charge in [-0.15, -0.1) is 0 Å². The summed E-state index contributed by atoms with van der Waals surface area (Å²) in [6.45, 7) is 2.10. The third kappa shape index (κ3) is 6.41. The molecule has 0 aromatic heterocycles. The van der Waals surface area contributed by atoms with E-state index in [-0.39, 0.29) is 4.90 Å². The molecule has 0 N–H and O–H groups in total. The van der Waals surface area contributed by atoms with Gasteiger partial charge in [0.1, 0.15) is 12.4 Å². The second-order valence-corrected chi connectivity index (χ2v) is 7.26. The number of hydrogen-bond acceptors (Lipinski definition) is 5. The van der Waals surface area contributed by atoms with Crippen LogP contribution in [0.3, 0.4) is 0 Å². The van der Waals surface area contributed by atoms with Crippen LogP contribution in [0.2, 0.25) is 0 Å². The van der Waals surface area contributed by atoms with Crippen molar-refractivity contribution in [2.24, 2.45) is 0 Å². The van der Waals surface area contributed by atoms with Crippen molar-refractivity contribution in [1.29, 1.82) is 0 Å². The molecule has 8 heteroatoms. The molecule has 0 amide bonds. The molecule has 0 aliphatic heterocycles. The van der Waals surface area contributed by atoms with Gasteiger partial charge in [0.15, 0.2) is 0 Å². The number of halogens is 2. The van der Waals surface area contributed by atoms with Crippen molar-refractivity contribution in [1.82, 2.24) is 0 Å². The van der Waals surface area contributed by atoms with Gasteiger partial charge in [-0.25, -0.2) is 8.42 Å². The van der Waals surface area contributed by atoms with Gasteiger partial charge in [0.05, 0.1) is 16.0 Å². The molecule has 0 aliphatic rings. The lowest BCUT2D eigenvalue weighted by Crippen LogP contribution is -2.09. The van der Waals surface area contributed by atoms with Crippen molar-refractivity contribution in [3.8, 4) is 5.75 Å². The van der Waals surface area contributed by atoms with Crippen molar-refractivity contribution < 1.29 is 22.6 Å². The Bertz CT molecular complexity index is 521. The maximum Gasteiger partial charge on any atom is 0.261 e. The number of ether oxygens (including phenoxy) is 3. The topological polar surface area (TPSA) is 61.8 Å². The quantitative estimate of drug-likeness (QED) is 0.481. The number of methoxy groups -OCH3 is 1. The zero-order chi connectivity index (χ0) is 15.0. The minimum Gasteiger partial charge on any atom is -0.490 e. The van der Waals surface area contributed by atoms with Crippen LogP contribution in [0.4, 0.5) is 0 Å². The van der Waals surface area contributed by atoms with Gasteiger partial charge in [0, 0.05) is 31.0 Å². The lowest BCUT2D eigenvalue weighted by Gasteiger charge is -2.09. The van der Waals surface area contributed by atoms with Gasteiger partial charge in [0.25, 0.3) is 9.05 Å². The molecule has 0 heterocycles. The summed E-state index contributed by atoms with van der Waals surface area (Å²) in [6.07, 6.45) is 0.836. The fourth-order valence-electron chi connectivity index (χ4n) is 1.37. The predicted molar refractivity (Wildman–Crippen MR) is 80.0 cm³/mol. The van der Waals surface area contributed by atoms with Crippen LogP contribution in [0, 0.1) is 0 Å².